The van der Waals surface area contributed by atoms with Crippen molar-refractivity contribution in [2.45, 2.75) is 6.42 Å². The van der Waals surface area contributed by atoms with Gasteiger partial charge in [0.05, 0.1) is 12.8 Å². The van der Waals surface area contributed by atoms with Gasteiger partial charge in [-0.1, -0.05) is 12.1 Å². The van der Waals surface area contributed by atoms with E-state index < -0.39 is 0 Å². The van der Waals surface area contributed by atoms with Crippen LogP contribution in [-0.4, -0.2) is 32.7 Å². The van der Waals surface area contributed by atoms with Gasteiger partial charge < -0.3 is 15.0 Å². The average molecular weight is 328 g/mol. The van der Waals surface area contributed by atoms with Crippen LogP contribution in [0.25, 0.3) is 0 Å². The topological polar surface area (TPSA) is 41.6 Å². The van der Waals surface area contributed by atoms with Crippen LogP contribution in [0.2, 0.25) is 0 Å². The number of rotatable bonds is 5. The van der Waals surface area contributed by atoms with Gasteiger partial charge in [0.15, 0.2) is 0 Å². The first-order valence-corrected chi connectivity index (χ1v) is 8.09. The Morgan fingerprint density at radius 3 is 2.75 bits per heavy atom. The molecule has 1 aliphatic rings. The number of nitrogens with one attached hydrogen (secondary N) is 1. The standard InChI is InChI=1S/C19H21FN2O2/c1-24-18-5-3-2-4-17(18)22-11-10-14(13-22)12-21-19(23)15-6-8-16(20)9-7-15/h2-9,14H,10-13H2,1H3,(H,21,23). The molecular weight excluding hydrogens is 307 g/mol. The molecule has 0 saturated carbocycles. The second-order valence-electron chi connectivity index (χ2n) is 5.99. The van der Waals surface area contributed by atoms with Crippen LogP contribution < -0.4 is 15.0 Å². The van der Waals surface area contributed by atoms with E-state index in [1.807, 2.05) is 18.2 Å². The number of halogens is 1. The number of carbonyl (C=O) groups is 1. The lowest BCUT2D eigenvalue weighted by molar-refractivity contribution is 0.0948. The lowest BCUT2D eigenvalue weighted by Crippen LogP contribution is -2.31. The third-order valence-corrected chi connectivity index (χ3v) is 4.37. The van der Waals surface area contributed by atoms with Gasteiger partial charge in [-0.15, -0.1) is 0 Å². The molecule has 0 aromatic heterocycles. The number of amides is 1. The van der Waals surface area contributed by atoms with E-state index in [-0.39, 0.29) is 11.7 Å². The third kappa shape index (κ3) is 3.67. The summed E-state index contributed by atoms with van der Waals surface area (Å²) in [5, 5.41) is 2.94. The van der Waals surface area contributed by atoms with Gasteiger partial charge >= 0.3 is 0 Å². The number of methoxy groups -OCH3 is 1. The number of hydrogen-bond acceptors (Lipinski definition) is 3. The second-order valence-corrected chi connectivity index (χ2v) is 5.99. The molecule has 5 heteroatoms. The fourth-order valence-electron chi connectivity index (χ4n) is 3.05. The fourth-order valence-corrected chi connectivity index (χ4v) is 3.05. The molecule has 24 heavy (non-hydrogen) atoms. The molecule has 1 amide bonds. The summed E-state index contributed by atoms with van der Waals surface area (Å²) in [6.45, 7) is 2.43. The van der Waals surface area contributed by atoms with Crippen LogP contribution in [0.3, 0.4) is 0 Å². The van der Waals surface area contributed by atoms with Gasteiger partial charge in [-0.05, 0) is 48.7 Å². The van der Waals surface area contributed by atoms with Crippen molar-refractivity contribution in [3.63, 3.8) is 0 Å². The summed E-state index contributed by atoms with van der Waals surface area (Å²) < 4.78 is 18.3. The first-order valence-electron chi connectivity index (χ1n) is 8.09. The van der Waals surface area contributed by atoms with Crippen molar-refractivity contribution in [3.8, 4) is 5.75 Å². The summed E-state index contributed by atoms with van der Waals surface area (Å²) in [4.78, 5) is 14.4. The van der Waals surface area contributed by atoms with E-state index in [1.165, 1.54) is 24.3 Å². The van der Waals surface area contributed by atoms with Crippen molar-refractivity contribution in [2.24, 2.45) is 5.92 Å². The molecular formula is C19H21FN2O2. The smallest absolute Gasteiger partial charge is 0.251 e. The Balaban J connectivity index is 1.55. The summed E-state index contributed by atoms with van der Waals surface area (Å²) >= 11 is 0. The van der Waals surface area contributed by atoms with Gasteiger partial charge in [-0.3, -0.25) is 4.79 Å². The highest BCUT2D eigenvalue weighted by molar-refractivity contribution is 5.94. The van der Waals surface area contributed by atoms with Crippen molar-refractivity contribution in [3.05, 3.63) is 59.9 Å². The van der Waals surface area contributed by atoms with Crippen molar-refractivity contribution >= 4 is 11.6 Å². The monoisotopic (exact) mass is 328 g/mol. The molecule has 1 fully saturated rings. The lowest BCUT2D eigenvalue weighted by atomic mass is 10.1. The van der Waals surface area contributed by atoms with Crippen LogP contribution in [0.5, 0.6) is 5.75 Å². The highest BCUT2D eigenvalue weighted by Gasteiger charge is 2.24. The van der Waals surface area contributed by atoms with Gasteiger partial charge in [-0.2, -0.15) is 0 Å². The highest BCUT2D eigenvalue weighted by atomic mass is 19.1. The van der Waals surface area contributed by atoms with E-state index in [1.54, 1.807) is 7.11 Å². The van der Waals surface area contributed by atoms with E-state index in [0.717, 1.165) is 30.9 Å². The molecule has 4 nitrogen and oxygen atoms in total. The molecule has 1 aliphatic heterocycles. The largest absolute Gasteiger partial charge is 0.495 e. The number of para-hydroxylation sites is 2. The number of carbonyl (C=O) groups excluding carboxylic acids is 1. The number of nitrogens with zero attached hydrogens (tertiary/aromatic N) is 1. The second kappa shape index (κ2) is 7.34. The summed E-state index contributed by atoms with van der Waals surface area (Å²) in [6.07, 6.45) is 1.02. The van der Waals surface area contributed by atoms with Gasteiger partial charge in [0, 0.05) is 25.2 Å². The summed E-state index contributed by atoms with van der Waals surface area (Å²) in [5.41, 5.74) is 1.57. The average Bonchev–Trinajstić information content (AvgIpc) is 3.09. The van der Waals surface area contributed by atoms with Gasteiger partial charge in [-0.25, -0.2) is 4.39 Å². The number of ether oxygens (including phenoxy) is 1. The molecule has 0 radical (unpaired) electrons. The van der Waals surface area contributed by atoms with E-state index in [4.69, 9.17) is 4.74 Å². The number of hydrogen-bond donors (Lipinski definition) is 1. The molecule has 2 aromatic carbocycles. The van der Waals surface area contributed by atoms with Crippen LogP contribution in [0, 0.1) is 11.7 Å². The zero-order chi connectivity index (χ0) is 16.9. The minimum absolute atomic E-state index is 0.161. The maximum absolute atomic E-state index is 12.9. The zero-order valence-electron chi connectivity index (χ0n) is 13.7. The molecule has 1 saturated heterocycles. The number of benzene rings is 2. The van der Waals surface area contributed by atoms with Crippen LogP contribution in [0.1, 0.15) is 16.8 Å². The fraction of sp³-hybridized carbons (Fsp3) is 0.316. The molecule has 1 N–H and O–H groups in total. The Labute approximate surface area is 141 Å². The molecule has 3 rings (SSSR count). The molecule has 0 spiro atoms. The quantitative estimate of drug-likeness (QED) is 0.917. The predicted molar refractivity (Wildman–Crippen MR) is 92.0 cm³/mol. The zero-order valence-corrected chi connectivity index (χ0v) is 13.7. The molecule has 0 bridgehead atoms. The van der Waals surface area contributed by atoms with Crippen molar-refractivity contribution < 1.29 is 13.9 Å². The van der Waals surface area contributed by atoms with Crippen molar-refractivity contribution in [1.29, 1.82) is 0 Å². The Hall–Kier alpha value is -2.56. The highest BCUT2D eigenvalue weighted by Crippen LogP contribution is 2.31. The van der Waals surface area contributed by atoms with Crippen LogP contribution in [0.15, 0.2) is 48.5 Å². The number of anilines is 1. The Kier molecular flexibility index (Phi) is 4.99. The van der Waals surface area contributed by atoms with Crippen molar-refractivity contribution in [1.82, 2.24) is 5.32 Å². The molecule has 0 aliphatic carbocycles. The maximum atomic E-state index is 12.9. The molecule has 2 aromatic rings. The Bertz CT molecular complexity index is 703. The van der Waals surface area contributed by atoms with Crippen LogP contribution >= 0.6 is 0 Å². The van der Waals surface area contributed by atoms with Crippen LogP contribution in [0.4, 0.5) is 10.1 Å². The summed E-state index contributed by atoms with van der Waals surface area (Å²) in [6, 6.07) is 13.6. The summed E-state index contributed by atoms with van der Waals surface area (Å²) in [5.74, 6) is 0.758. The van der Waals surface area contributed by atoms with Gasteiger partial charge in [0.25, 0.3) is 5.91 Å². The maximum Gasteiger partial charge on any atom is 0.251 e. The van der Waals surface area contributed by atoms with E-state index >= 15 is 0 Å². The van der Waals surface area contributed by atoms with Gasteiger partial charge in [0.2, 0.25) is 0 Å². The Morgan fingerprint density at radius 1 is 1.25 bits per heavy atom. The molecule has 126 valence electrons. The van der Waals surface area contributed by atoms with Crippen LogP contribution in [-0.2, 0) is 0 Å². The lowest BCUT2D eigenvalue weighted by Gasteiger charge is -2.21. The Morgan fingerprint density at radius 2 is 2.00 bits per heavy atom. The molecule has 1 unspecified atom stereocenters. The normalized spacial score (nSPS) is 16.9. The predicted octanol–water partition coefficient (Wildman–Crippen LogP) is 3.09. The first-order chi connectivity index (χ1) is 11.7. The SMILES string of the molecule is COc1ccccc1N1CCC(CNC(=O)c2ccc(F)cc2)C1. The minimum Gasteiger partial charge on any atom is -0.495 e. The van der Waals surface area contributed by atoms with E-state index in [0.29, 0.717) is 18.0 Å². The molecule has 1 heterocycles. The molecule has 1 atom stereocenters. The minimum atomic E-state index is -0.338. The van der Waals surface area contributed by atoms with Gasteiger partial charge in [0.1, 0.15) is 11.6 Å². The summed E-state index contributed by atoms with van der Waals surface area (Å²) in [7, 11) is 1.68. The third-order valence-electron chi connectivity index (χ3n) is 4.37. The first kappa shape index (κ1) is 16.3. The van der Waals surface area contributed by atoms with E-state index in [9.17, 15) is 9.18 Å². The van der Waals surface area contributed by atoms with Crippen molar-refractivity contribution in [2.75, 3.05) is 31.6 Å². The van der Waals surface area contributed by atoms with E-state index in [2.05, 4.69) is 16.3 Å².